The molecule has 1 unspecified atom stereocenters. The first-order valence-electron chi connectivity index (χ1n) is 9.13. The van der Waals surface area contributed by atoms with Crippen LogP contribution in [0.2, 0.25) is 10.0 Å². The second-order valence-corrected chi connectivity index (χ2v) is 8.09. The molecule has 2 N–H and O–H groups in total. The number of hydrogen-bond donors (Lipinski definition) is 2. The Morgan fingerprint density at radius 1 is 1.07 bits per heavy atom. The zero-order valence-electron chi connectivity index (χ0n) is 15.4. The van der Waals surface area contributed by atoms with Crippen molar-refractivity contribution in [2.75, 3.05) is 26.2 Å². The van der Waals surface area contributed by atoms with Crippen molar-refractivity contribution in [3.8, 4) is 5.75 Å². The van der Waals surface area contributed by atoms with Crippen LogP contribution in [0.1, 0.15) is 24.0 Å². The normalized spacial score (nSPS) is 18.3. The summed E-state index contributed by atoms with van der Waals surface area (Å²) in [7, 11) is 0. The fraction of sp³-hybridized carbons (Fsp3) is 0.429. The van der Waals surface area contributed by atoms with Crippen LogP contribution in [0, 0.1) is 6.92 Å². The van der Waals surface area contributed by atoms with Crippen molar-refractivity contribution >= 4 is 23.2 Å². The number of piperidine rings is 1. The average Bonchev–Trinajstić information content (AvgIpc) is 2.63. The van der Waals surface area contributed by atoms with E-state index in [-0.39, 0.29) is 6.61 Å². The maximum Gasteiger partial charge on any atom is 0.122 e. The van der Waals surface area contributed by atoms with Gasteiger partial charge in [0, 0.05) is 29.7 Å². The summed E-state index contributed by atoms with van der Waals surface area (Å²) in [5, 5.41) is 22.6. The lowest BCUT2D eigenvalue weighted by atomic mass is 9.84. The van der Waals surface area contributed by atoms with Crippen molar-refractivity contribution in [1.82, 2.24) is 4.90 Å². The van der Waals surface area contributed by atoms with Crippen LogP contribution in [0.3, 0.4) is 0 Å². The highest BCUT2D eigenvalue weighted by Crippen LogP contribution is 2.33. The summed E-state index contributed by atoms with van der Waals surface area (Å²) in [5.74, 6) is 0.731. The molecule has 0 bridgehead atoms. The van der Waals surface area contributed by atoms with E-state index in [0.29, 0.717) is 29.4 Å². The quantitative estimate of drug-likeness (QED) is 0.755. The molecular formula is C21H25Cl2NO3. The lowest BCUT2D eigenvalue weighted by molar-refractivity contribution is -0.0372. The topological polar surface area (TPSA) is 52.9 Å². The summed E-state index contributed by atoms with van der Waals surface area (Å²) in [6.45, 7) is 4.10. The number of aliphatic hydroxyl groups excluding tert-OH is 1. The van der Waals surface area contributed by atoms with Gasteiger partial charge in [-0.1, -0.05) is 35.3 Å². The molecule has 0 spiro atoms. The molecule has 1 fully saturated rings. The van der Waals surface area contributed by atoms with Gasteiger partial charge in [0.05, 0.1) is 5.60 Å². The highest BCUT2D eigenvalue weighted by molar-refractivity contribution is 6.30. The third kappa shape index (κ3) is 5.37. The van der Waals surface area contributed by atoms with Crippen LogP contribution in [0.4, 0.5) is 0 Å². The van der Waals surface area contributed by atoms with Crippen LogP contribution in [0.25, 0.3) is 0 Å². The molecule has 0 saturated carbocycles. The maximum atomic E-state index is 10.9. The van der Waals surface area contributed by atoms with Crippen LogP contribution in [-0.2, 0) is 5.60 Å². The average molecular weight is 410 g/mol. The summed E-state index contributed by atoms with van der Waals surface area (Å²) >= 11 is 11.9. The zero-order valence-corrected chi connectivity index (χ0v) is 16.9. The molecule has 0 aliphatic carbocycles. The monoisotopic (exact) mass is 409 g/mol. The second kappa shape index (κ2) is 8.80. The van der Waals surface area contributed by atoms with Gasteiger partial charge in [-0.05, 0) is 61.2 Å². The Labute approximate surface area is 170 Å². The predicted octanol–water partition coefficient (Wildman–Crippen LogP) is 4.03. The van der Waals surface area contributed by atoms with E-state index in [0.717, 1.165) is 30.0 Å². The molecule has 1 saturated heterocycles. The molecule has 6 heteroatoms. The minimum absolute atomic E-state index is 0.223. The third-order valence-corrected chi connectivity index (χ3v) is 5.59. The number of β-amino-alcohol motifs (C(OH)–C–C–N with tert-alkyl or cyclic N) is 1. The van der Waals surface area contributed by atoms with Crippen LogP contribution in [0.15, 0.2) is 42.5 Å². The Bertz CT molecular complexity index is 759. The molecule has 27 heavy (non-hydrogen) atoms. The Kier molecular flexibility index (Phi) is 6.66. The van der Waals surface area contributed by atoms with Gasteiger partial charge in [-0.2, -0.15) is 0 Å². The van der Waals surface area contributed by atoms with Crippen LogP contribution >= 0.6 is 23.2 Å². The van der Waals surface area contributed by atoms with E-state index in [1.807, 2.05) is 31.2 Å². The first-order chi connectivity index (χ1) is 12.9. The number of ether oxygens (including phenoxy) is 1. The second-order valence-electron chi connectivity index (χ2n) is 7.21. The number of aliphatic hydroxyl groups is 2. The number of hydrogen-bond acceptors (Lipinski definition) is 4. The lowest BCUT2D eigenvalue weighted by Crippen LogP contribution is -2.46. The molecule has 2 aromatic rings. The van der Waals surface area contributed by atoms with Gasteiger partial charge in [-0.25, -0.2) is 0 Å². The third-order valence-electron chi connectivity index (χ3n) is 5.10. The van der Waals surface area contributed by atoms with Gasteiger partial charge in [0.25, 0.3) is 0 Å². The van der Waals surface area contributed by atoms with Gasteiger partial charge < -0.3 is 19.8 Å². The summed E-state index contributed by atoms with van der Waals surface area (Å²) in [5.41, 5.74) is 1.01. The van der Waals surface area contributed by atoms with Gasteiger partial charge in [0.2, 0.25) is 0 Å². The van der Waals surface area contributed by atoms with Gasteiger partial charge in [0.1, 0.15) is 18.5 Å². The highest BCUT2D eigenvalue weighted by atomic mass is 35.5. The van der Waals surface area contributed by atoms with Crippen LogP contribution in [0.5, 0.6) is 5.75 Å². The van der Waals surface area contributed by atoms with E-state index in [9.17, 15) is 10.2 Å². The predicted molar refractivity (Wildman–Crippen MR) is 109 cm³/mol. The van der Waals surface area contributed by atoms with Crippen molar-refractivity contribution in [1.29, 1.82) is 0 Å². The molecule has 1 aliphatic heterocycles. The van der Waals surface area contributed by atoms with Gasteiger partial charge in [-0.3, -0.25) is 0 Å². The van der Waals surface area contributed by atoms with E-state index < -0.39 is 11.7 Å². The van der Waals surface area contributed by atoms with E-state index in [4.69, 9.17) is 27.9 Å². The Hall–Kier alpha value is -1.30. The molecule has 0 aromatic heterocycles. The summed E-state index contributed by atoms with van der Waals surface area (Å²) in [6.07, 6.45) is 0.651. The number of benzene rings is 2. The van der Waals surface area contributed by atoms with E-state index in [1.165, 1.54) is 0 Å². The molecule has 1 atom stereocenters. The molecule has 3 rings (SSSR count). The molecule has 0 amide bonds. The first kappa shape index (κ1) is 20.4. The first-order valence-corrected chi connectivity index (χ1v) is 9.89. The number of halogens is 2. The summed E-state index contributed by atoms with van der Waals surface area (Å²) < 4.78 is 5.72. The maximum absolute atomic E-state index is 10.9. The molecule has 1 aliphatic rings. The van der Waals surface area contributed by atoms with Gasteiger partial charge in [-0.15, -0.1) is 0 Å². The highest BCUT2D eigenvalue weighted by Gasteiger charge is 2.34. The van der Waals surface area contributed by atoms with Gasteiger partial charge in [0.15, 0.2) is 0 Å². The molecule has 4 nitrogen and oxygen atoms in total. The number of likely N-dealkylation sites (tertiary alicyclic amines) is 1. The van der Waals surface area contributed by atoms with Crippen LogP contribution < -0.4 is 4.74 Å². The fourth-order valence-corrected chi connectivity index (χ4v) is 3.82. The van der Waals surface area contributed by atoms with Gasteiger partial charge >= 0.3 is 0 Å². The standard InChI is InChI=1S/C21H25Cl2NO3/c1-15-12-18(23)6-7-20(15)27-14-19(25)13-24-10-8-21(26,9-11-24)16-2-4-17(22)5-3-16/h2-7,12,19,25-26H,8-11,13-14H2,1H3. The Morgan fingerprint density at radius 3 is 2.33 bits per heavy atom. The summed E-state index contributed by atoms with van der Waals surface area (Å²) in [4.78, 5) is 2.16. The largest absolute Gasteiger partial charge is 0.491 e. The minimum atomic E-state index is -0.830. The van der Waals surface area contributed by atoms with E-state index in [2.05, 4.69) is 4.90 Å². The molecule has 146 valence electrons. The SMILES string of the molecule is Cc1cc(Cl)ccc1OCC(O)CN1CCC(O)(c2ccc(Cl)cc2)CC1. The smallest absolute Gasteiger partial charge is 0.122 e. The van der Waals surface area contributed by atoms with Crippen molar-refractivity contribution in [2.24, 2.45) is 0 Å². The fourth-order valence-electron chi connectivity index (χ4n) is 3.47. The molecular weight excluding hydrogens is 385 g/mol. The van der Waals surface area contributed by atoms with Crippen molar-refractivity contribution in [3.63, 3.8) is 0 Å². The van der Waals surface area contributed by atoms with E-state index >= 15 is 0 Å². The number of nitrogens with zero attached hydrogens (tertiary/aromatic N) is 1. The number of rotatable bonds is 6. The van der Waals surface area contributed by atoms with E-state index in [1.54, 1.807) is 18.2 Å². The summed E-state index contributed by atoms with van der Waals surface area (Å²) in [6, 6.07) is 12.8. The molecule has 0 radical (unpaired) electrons. The zero-order chi connectivity index (χ0) is 19.4. The van der Waals surface area contributed by atoms with Crippen LogP contribution in [-0.4, -0.2) is 47.5 Å². The number of aryl methyl sites for hydroxylation is 1. The molecule has 2 aromatic carbocycles. The Morgan fingerprint density at radius 2 is 1.70 bits per heavy atom. The van der Waals surface area contributed by atoms with Crippen molar-refractivity contribution in [2.45, 2.75) is 31.5 Å². The van der Waals surface area contributed by atoms with Crippen molar-refractivity contribution in [3.05, 3.63) is 63.6 Å². The molecule has 1 heterocycles. The minimum Gasteiger partial charge on any atom is -0.491 e. The lowest BCUT2D eigenvalue weighted by Gasteiger charge is -2.39. The Balaban J connectivity index is 1.47. The van der Waals surface area contributed by atoms with Crippen molar-refractivity contribution < 1.29 is 14.9 Å².